The third-order valence-electron chi connectivity index (χ3n) is 0.995. The van der Waals surface area contributed by atoms with Gasteiger partial charge in [0.15, 0.2) is 5.25 Å². The molecule has 0 aromatic carbocycles. The van der Waals surface area contributed by atoms with E-state index in [1.54, 1.807) is 6.92 Å². The minimum absolute atomic E-state index is 0. The number of hydrogen-bond acceptors (Lipinski definition) is 4. The van der Waals surface area contributed by atoms with E-state index < -0.39 is 33.7 Å². The molecule has 0 aliphatic heterocycles. The van der Waals surface area contributed by atoms with Crippen LogP contribution in [0.15, 0.2) is 0 Å². The molecule has 3 N–H and O–H groups in total. The molecule has 0 rings (SSSR count). The molecule has 1 unspecified atom stereocenters. The van der Waals surface area contributed by atoms with Gasteiger partial charge in [0.1, 0.15) is 0 Å². The van der Waals surface area contributed by atoms with Gasteiger partial charge in [0.25, 0.3) is 10.1 Å². The SMILES string of the molecule is O=C(O)CC(C(=O)O)S(=O)(=O)O.[CH2-]C.[K+]. The van der Waals surface area contributed by atoms with Crippen molar-refractivity contribution < 1.29 is 84.2 Å². The fraction of sp³-hybridized carbons (Fsp3) is 0.500. The molecule has 0 aliphatic carbocycles. The molecule has 15 heavy (non-hydrogen) atoms. The quantitative estimate of drug-likeness (QED) is 0.275. The van der Waals surface area contributed by atoms with Crippen molar-refractivity contribution in [2.75, 3.05) is 0 Å². The van der Waals surface area contributed by atoms with E-state index in [0.29, 0.717) is 0 Å². The Bertz CT molecular complexity index is 297. The smallest absolute Gasteiger partial charge is 0.481 e. The predicted octanol–water partition coefficient (Wildman–Crippen LogP) is -3.35. The van der Waals surface area contributed by atoms with Crippen molar-refractivity contribution in [1.82, 2.24) is 0 Å². The molecule has 0 fully saturated rings. The molecule has 0 saturated heterocycles. The Labute approximate surface area is 130 Å². The Morgan fingerprint density at radius 3 is 1.67 bits per heavy atom. The Morgan fingerprint density at radius 2 is 1.60 bits per heavy atom. The first kappa shape index (κ1) is 20.8. The van der Waals surface area contributed by atoms with Crippen LogP contribution in [0.5, 0.6) is 0 Å². The maximum absolute atomic E-state index is 10.2. The maximum Gasteiger partial charge on any atom is 1.00 e. The molecule has 0 bridgehead atoms. The van der Waals surface area contributed by atoms with Gasteiger partial charge in [-0.15, -0.1) is 0 Å². The molecule has 0 saturated carbocycles. The Balaban J connectivity index is -0.000000449. The van der Waals surface area contributed by atoms with Crippen LogP contribution in [0, 0.1) is 6.92 Å². The van der Waals surface area contributed by atoms with Gasteiger partial charge in [-0.1, -0.05) is 0 Å². The molecule has 7 nitrogen and oxygen atoms in total. The topological polar surface area (TPSA) is 129 Å². The number of carboxylic acids is 2. The monoisotopic (exact) mass is 266 g/mol. The largest absolute Gasteiger partial charge is 1.00 e. The second kappa shape index (κ2) is 9.69. The van der Waals surface area contributed by atoms with Gasteiger partial charge in [-0.05, 0) is 0 Å². The molecule has 0 aromatic rings. The fourth-order valence-corrected chi connectivity index (χ4v) is 1.09. The van der Waals surface area contributed by atoms with Gasteiger partial charge in [0.2, 0.25) is 0 Å². The van der Waals surface area contributed by atoms with E-state index in [4.69, 9.17) is 14.8 Å². The molecule has 0 spiro atoms. The Morgan fingerprint density at radius 1 is 1.27 bits per heavy atom. The van der Waals surface area contributed by atoms with Crippen LogP contribution in [0.2, 0.25) is 0 Å². The van der Waals surface area contributed by atoms with Gasteiger partial charge in [0, 0.05) is 0 Å². The van der Waals surface area contributed by atoms with Crippen molar-refractivity contribution in [2.45, 2.75) is 18.6 Å². The van der Waals surface area contributed by atoms with Crippen molar-refractivity contribution in [3.63, 3.8) is 0 Å². The molecule has 0 aliphatic rings. The predicted molar refractivity (Wildman–Crippen MR) is 46.3 cm³/mol. The normalized spacial score (nSPS) is 11.4. The molecule has 1 atom stereocenters. The zero-order valence-electron chi connectivity index (χ0n) is 8.37. The zero-order chi connectivity index (χ0) is 11.9. The summed E-state index contributed by atoms with van der Waals surface area (Å²) in [5.74, 6) is -3.50. The van der Waals surface area contributed by atoms with Crippen LogP contribution in [0.4, 0.5) is 0 Å². The molecule has 0 heterocycles. The summed E-state index contributed by atoms with van der Waals surface area (Å²) >= 11 is 0. The number of carboxylic acid groups (broad SMARTS) is 2. The second-order valence-electron chi connectivity index (χ2n) is 1.94. The van der Waals surface area contributed by atoms with Crippen LogP contribution in [0.3, 0.4) is 0 Å². The van der Waals surface area contributed by atoms with E-state index in [2.05, 4.69) is 6.92 Å². The third kappa shape index (κ3) is 10.8. The average Bonchev–Trinajstić information content (AvgIpc) is 2.01. The van der Waals surface area contributed by atoms with E-state index in [1.165, 1.54) is 0 Å². The van der Waals surface area contributed by atoms with Crippen molar-refractivity contribution in [2.24, 2.45) is 0 Å². The summed E-state index contributed by atoms with van der Waals surface area (Å²) in [6.45, 7) is 5.00. The number of carbonyl (C=O) groups is 2. The van der Waals surface area contributed by atoms with Crippen LogP contribution in [0.25, 0.3) is 0 Å². The first-order chi connectivity index (χ1) is 6.25. The first-order valence-corrected chi connectivity index (χ1v) is 4.87. The average molecular weight is 266 g/mol. The minimum Gasteiger partial charge on any atom is -0.481 e. The van der Waals surface area contributed by atoms with E-state index in [1.807, 2.05) is 0 Å². The van der Waals surface area contributed by atoms with Gasteiger partial charge in [-0.3, -0.25) is 14.1 Å². The summed E-state index contributed by atoms with van der Waals surface area (Å²) in [5.41, 5.74) is 0. The summed E-state index contributed by atoms with van der Waals surface area (Å²) in [5, 5.41) is 13.9. The van der Waals surface area contributed by atoms with Gasteiger partial charge in [-0.25, -0.2) is 0 Å². The van der Waals surface area contributed by atoms with Crippen LogP contribution >= 0.6 is 0 Å². The fourth-order valence-electron chi connectivity index (χ4n) is 0.479. The second-order valence-corrected chi connectivity index (χ2v) is 3.54. The van der Waals surface area contributed by atoms with E-state index in [-0.39, 0.29) is 51.4 Å². The van der Waals surface area contributed by atoms with Crippen molar-refractivity contribution in [3.05, 3.63) is 6.92 Å². The van der Waals surface area contributed by atoms with Crippen molar-refractivity contribution >= 4 is 22.1 Å². The first-order valence-electron chi connectivity index (χ1n) is 3.36. The van der Waals surface area contributed by atoms with Crippen LogP contribution in [-0.2, 0) is 19.7 Å². The molecule has 84 valence electrons. The van der Waals surface area contributed by atoms with Gasteiger partial charge < -0.3 is 17.1 Å². The van der Waals surface area contributed by atoms with Crippen molar-refractivity contribution in [1.29, 1.82) is 0 Å². The number of rotatable bonds is 4. The standard InChI is InChI=1S/C4H6O7S.C2H5.K/c5-3(6)1-2(4(7)8)12(9,10)11;1-2;/h2H,1H2,(H,5,6)(H,7,8)(H,9,10,11);1H2,2H3;/q;-1;+1. The molecular formula is C6H11KO7S. The number of hydrogen-bond donors (Lipinski definition) is 3. The van der Waals surface area contributed by atoms with Crippen LogP contribution in [0.1, 0.15) is 13.3 Å². The van der Waals surface area contributed by atoms with Crippen molar-refractivity contribution in [3.8, 4) is 0 Å². The molecule has 9 heteroatoms. The van der Waals surface area contributed by atoms with Gasteiger partial charge in [0.05, 0.1) is 6.42 Å². The van der Waals surface area contributed by atoms with E-state index in [0.717, 1.165) is 0 Å². The summed E-state index contributed by atoms with van der Waals surface area (Å²) in [7, 11) is -4.84. The van der Waals surface area contributed by atoms with Gasteiger partial charge in [-0.2, -0.15) is 15.3 Å². The van der Waals surface area contributed by atoms with Crippen LogP contribution < -0.4 is 51.4 Å². The Hall–Kier alpha value is 0.486. The summed E-state index contributed by atoms with van der Waals surface area (Å²) in [4.78, 5) is 20.0. The maximum atomic E-state index is 10.2. The van der Waals surface area contributed by atoms with Crippen LogP contribution in [-0.4, -0.2) is 40.4 Å². The summed E-state index contributed by atoms with van der Waals surface area (Å²) in [6.07, 6.45) is -1.16. The third-order valence-corrected chi connectivity index (χ3v) is 2.08. The Kier molecular flexibility index (Phi) is 13.5. The van der Waals surface area contributed by atoms with E-state index >= 15 is 0 Å². The molecular weight excluding hydrogens is 255 g/mol. The molecule has 0 aromatic heterocycles. The molecule has 0 radical (unpaired) electrons. The number of aliphatic carboxylic acids is 2. The summed E-state index contributed by atoms with van der Waals surface area (Å²) < 4.78 is 28.7. The van der Waals surface area contributed by atoms with Gasteiger partial charge >= 0.3 is 63.3 Å². The minimum atomic E-state index is -4.84. The van der Waals surface area contributed by atoms with E-state index in [9.17, 15) is 18.0 Å². The zero-order valence-corrected chi connectivity index (χ0v) is 12.3. The summed E-state index contributed by atoms with van der Waals surface area (Å²) in [6, 6.07) is 0. The molecule has 0 amide bonds.